The lowest BCUT2D eigenvalue weighted by Gasteiger charge is -2.04. The molecular weight excluding hydrogens is 215 g/mol. The molecular formula is C12H12ClFO. The highest BCUT2D eigenvalue weighted by Crippen LogP contribution is 2.12. The summed E-state index contributed by atoms with van der Waals surface area (Å²) in [6.45, 7) is 0.0363. The van der Waals surface area contributed by atoms with Crippen LogP contribution >= 0.6 is 11.6 Å². The van der Waals surface area contributed by atoms with E-state index in [9.17, 15) is 4.39 Å². The molecule has 0 atom stereocenters. The van der Waals surface area contributed by atoms with E-state index in [4.69, 9.17) is 16.3 Å². The molecule has 0 aliphatic carbocycles. The molecule has 80 valence electrons. The Labute approximate surface area is 94.2 Å². The average molecular weight is 227 g/mol. The molecule has 1 nitrogen and oxygen atoms in total. The Hall–Kier alpha value is -1.20. The van der Waals surface area contributed by atoms with Gasteiger partial charge in [0.05, 0.1) is 19.2 Å². The van der Waals surface area contributed by atoms with E-state index >= 15 is 0 Å². The largest absolute Gasteiger partial charge is 0.493 e. The van der Waals surface area contributed by atoms with E-state index in [1.165, 1.54) is 0 Å². The molecule has 0 aliphatic rings. The first-order chi connectivity index (χ1) is 7.36. The van der Waals surface area contributed by atoms with Gasteiger partial charge in [0, 0.05) is 12.0 Å². The molecule has 0 saturated carbocycles. The molecule has 15 heavy (non-hydrogen) atoms. The predicted molar refractivity (Wildman–Crippen MR) is 60.1 cm³/mol. The second-order valence-electron chi connectivity index (χ2n) is 2.85. The van der Waals surface area contributed by atoms with E-state index in [1.54, 1.807) is 0 Å². The molecule has 0 N–H and O–H groups in total. The van der Waals surface area contributed by atoms with E-state index in [1.807, 2.05) is 24.3 Å². The van der Waals surface area contributed by atoms with Crippen molar-refractivity contribution < 1.29 is 9.13 Å². The summed E-state index contributed by atoms with van der Waals surface area (Å²) in [5.41, 5.74) is 0.855. The first kappa shape index (κ1) is 11.9. The summed E-state index contributed by atoms with van der Waals surface area (Å²) >= 11 is 5.45. The summed E-state index contributed by atoms with van der Waals surface area (Å²) in [4.78, 5) is 0. The van der Waals surface area contributed by atoms with Gasteiger partial charge < -0.3 is 4.74 Å². The van der Waals surface area contributed by atoms with Crippen molar-refractivity contribution in [3.8, 4) is 17.6 Å². The minimum atomic E-state index is -0.355. The van der Waals surface area contributed by atoms with Crippen molar-refractivity contribution in [1.82, 2.24) is 0 Å². The molecule has 1 rings (SSSR count). The second-order valence-corrected chi connectivity index (χ2v) is 3.12. The van der Waals surface area contributed by atoms with Crippen LogP contribution in [-0.2, 0) is 0 Å². The van der Waals surface area contributed by atoms with Gasteiger partial charge in [0.15, 0.2) is 0 Å². The van der Waals surface area contributed by atoms with Crippen LogP contribution in [0.15, 0.2) is 24.3 Å². The monoisotopic (exact) mass is 226 g/mol. The van der Waals surface area contributed by atoms with Gasteiger partial charge in [-0.2, -0.15) is 0 Å². The highest BCUT2D eigenvalue weighted by atomic mass is 35.5. The van der Waals surface area contributed by atoms with Crippen molar-refractivity contribution in [3.63, 3.8) is 0 Å². The van der Waals surface area contributed by atoms with Gasteiger partial charge >= 0.3 is 0 Å². The smallest absolute Gasteiger partial charge is 0.120 e. The molecule has 1 aromatic carbocycles. The highest BCUT2D eigenvalue weighted by Gasteiger charge is 1.94. The van der Waals surface area contributed by atoms with Crippen molar-refractivity contribution in [3.05, 3.63) is 29.8 Å². The number of rotatable bonds is 4. The lowest BCUT2D eigenvalue weighted by Crippen LogP contribution is -1.97. The third-order valence-corrected chi connectivity index (χ3v) is 1.81. The number of ether oxygens (including phenoxy) is 1. The van der Waals surface area contributed by atoms with Crippen LogP contribution in [0.1, 0.15) is 12.0 Å². The van der Waals surface area contributed by atoms with Gasteiger partial charge in [-0.3, -0.25) is 4.39 Å². The third kappa shape index (κ3) is 4.71. The zero-order valence-electron chi connectivity index (χ0n) is 8.30. The molecule has 0 unspecified atom stereocenters. The summed E-state index contributed by atoms with van der Waals surface area (Å²) in [6, 6.07) is 7.37. The normalized spacial score (nSPS) is 9.20. The van der Waals surface area contributed by atoms with E-state index in [-0.39, 0.29) is 6.67 Å². The Kier molecular flexibility index (Phi) is 5.65. The fourth-order valence-corrected chi connectivity index (χ4v) is 1.11. The number of benzene rings is 1. The lowest BCUT2D eigenvalue weighted by atomic mass is 10.2. The Bertz CT molecular complexity index is 354. The zero-order valence-corrected chi connectivity index (χ0v) is 9.06. The predicted octanol–water partition coefficient (Wildman–Crippen LogP) is 3.02. The number of alkyl halides is 2. The minimum Gasteiger partial charge on any atom is -0.493 e. The van der Waals surface area contributed by atoms with E-state index in [2.05, 4.69) is 11.8 Å². The summed E-state index contributed by atoms with van der Waals surface area (Å²) in [7, 11) is 0. The summed E-state index contributed by atoms with van der Waals surface area (Å²) < 4.78 is 17.2. The van der Waals surface area contributed by atoms with Gasteiger partial charge in [-0.15, -0.1) is 11.6 Å². The first-order valence-corrected chi connectivity index (χ1v) is 5.24. The van der Waals surface area contributed by atoms with Crippen LogP contribution in [0.25, 0.3) is 0 Å². The Morgan fingerprint density at radius 2 is 2.27 bits per heavy atom. The SMILES string of the molecule is FCCCOc1cccc(C#CCCl)c1. The van der Waals surface area contributed by atoms with Crippen LogP contribution in [0.3, 0.4) is 0 Å². The Morgan fingerprint density at radius 1 is 1.40 bits per heavy atom. The molecule has 0 radical (unpaired) electrons. The maximum atomic E-state index is 11.8. The molecule has 0 aromatic heterocycles. The lowest BCUT2D eigenvalue weighted by molar-refractivity contribution is 0.289. The Balaban J connectivity index is 2.57. The van der Waals surface area contributed by atoms with Crippen molar-refractivity contribution in [1.29, 1.82) is 0 Å². The van der Waals surface area contributed by atoms with Crippen LogP contribution in [0, 0.1) is 11.8 Å². The first-order valence-electron chi connectivity index (χ1n) is 4.70. The second kappa shape index (κ2) is 7.14. The van der Waals surface area contributed by atoms with Crippen LogP contribution < -0.4 is 4.74 Å². The van der Waals surface area contributed by atoms with Gasteiger partial charge in [0.2, 0.25) is 0 Å². The minimum absolute atomic E-state index is 0.312. The molecule has 0 bridgehead atoms. The standard InChI is InChI=1S/C12H12ClFO/c13-7-2-5-11-4-1-6-12(10-11)15-9-3-8-14/h1,4,6,10H,3,7-9H2. The zero-order chi connectivity index (χ0) is 10.9. The molecule has 0 fully saturated rings. The van der Waals surface area contributed by atoms with Crippen LogP contribution in [-0.4, -0.2) is 19.2 Å². The molecule has 0 amide bonds. The molecule has 0 aliphatic heterocycles. The van der Waals surface area contributed by atoms with Gasteiger partial charge in [-0.25, -0.2) is 0 Å². The van der Waals surface area contributed by atoms with Crippen LogP contribution in [0.5, 0.6) is 5.75 Å². The fourth-order valence-electron chi connectivity index (χ4n) is 1.04. The maximum absolute atomic E-state index is 11.8. The van der Waals surface area contributed by atoms with Crippen molar-refractivity contribution in [2.75, 3.05) is 19.2 Å². The fraction of sp³-hybridized carbons (Fsp3) is 0.333. The number of hydrogen-bond acceptors (Lipinski definition) is 1. The summed E-state index contributed by atoms with van der Waals surface area (Å²) in [5.74, 6) is 6.67. The quantitative estimate of drug-likeness (QED) is 0.436. The van der Waals surface area contributed by atoms with Crippen molar-refractivity contribution in [2.45, 2.75) is 6.42 Å². The van der Waals surface area contributed by atoms with Crippen LogP contribution in [0.2, 0.25) is 0 Å². The third-order valence-electron chi connectivity index (χ3n) is 1.68. The molecule has 0 heterocycles. The number of halogens is 2. The van der Waals surface area contributed by atoms with E-state index in [0.29, 0.717) is 24.7 Å². The van der Waals surface area contributed by atoms with Crippen molar-refractivity contribution >= 4 is 11.6 Å². The van der Waals surface area contributed by atoms with Gasteiger partial charge in [0.25, 0.3) is 0 Å². The molecule has 1 aromatic rings. The van der Waals surface area contributed by atoms with E-state index in [0.717, 1.165) is 5.56 Å². The topological polar surface area (TPSA) is 9.23 Å². The van der Waals surface area contributed by atoms with Gasteiger partial charge in [-0.1, -0.05) is 17.9 Å². The average Bonchev–Trinajstić information content (AvgIpc) is 2.27. The number of hydrogen-bond donors (Lipinski definition) is 0. The van der Waals surface area contributed by atoms with Gasteiger partial charge in [0.1, 0.15) is 5.75 Å². The maximum Gasteiger partial charge on any atom is 0.120 e. The summed E-state index contributed by atoms with van der Waals surface area (Å²) in [6.07, 6.45) is 0.414. The van der Waals surface area contributed by atoms with Crippen LogP contribution in [0.4, 0.5) is 4.39 Å². The van der Waals surface area contributed by atoms with E-state index < -0.39 is 0 Å². The molecule has 0 saturated heterocycles. The highest BCUT2D eigenvalue weighted by molar-refractivity contribution is 6.19. The van der Waals surface area contributed by atoms with Gasteiger partial charge in [-0.05, 0) is 18.2 Å². The molecule has 0 spiro atoms. The Morgan fingerprint density at radius 3 is 3.00 bits per heavy atom. The summed E-state index contributed by atoms with van der Waals surface area (Å²) in [5, 5.41) is 0. The molecule has 3 heteroatoms. The van der Waals surface area contributed by atoms with Crippen molar-refractivity contribution in [2.24, 2.45) is 0 Å².